The molecule has 2 nitrogen and oxygen atoms in total. The molecule has 0 aliphatic heterocycles. The first-order valence-electron chi connectivity index (χ1n) is 6.15. The van der Waals surface area contributed by atoms with Crippen LogP contribution in [0, 0.1) is 13.8 Å². The topological polar surface area (TPSA) is 38.0 Å². The summed E-state index contributed by atoms with van der Waals surface area (Å²) in [5.41, 5.74) is 9.91. The van der Waals surface area contributed by atoms with Crippen molar-refractivity contribution >= 4 is 0 Å². The number of aryl methyl sites for hydroxylation is 2. The summed E-state index contributed by atoms with van der Waals surface area (Å²) in [5.74, 6) is 0. The van der Waals surface area contributed by atoms with E-state index < -0.39 is 0 Å². The Balaban J connectivity index is 2.00. The molecule has 1 unspecified atom stereocenters. The molecule has 1 aliphatic carbocycles. The van der Waals surface area contributed by atoms with Crippen LogP contribution in [0.25, 0.3) is 0 Å². The second kappa shape index (κ2) is 4.56. The second-order valence-electron chi connectivity index (χ2n) is 5.18. The summed E-state index contributed by atoms with van der Waals surface area (Å²) >= 11 is 0. The van der Waals surface area contributed by atoms with Gasteiger partial charge in [0.25, 0.3) is 0 Å². The first-order chi connectivity index (χ1) is 7.56. The molecule has 1 aromatic carbocycles. The van der Waals surface area contributed by atoms with E-state index in [1.165, 1.54) is 16.7 Å². The van der Waals surface area contributed by atoms with Crippen LogP contribution in [-0.4, -0.2) is 12.1 Å². The molecule has 0 amide bonds. The Labute approximate surface area is 98.2 Å². The van der Waals surface area contributed by atoms with E-state index in [-0.39, 0.29) is 0 Å². The lowest BCUT2D eigenvalue weighted by molar-refractivity contribution is 0.272. The number of hydrogen-bond acceptors (Lipinski definition) is 2. The minimum absolute atomic E-state index is 0.420. The standard InChI is InChI=1S/C14H22N2/c1-9-4-5-14(10(2)6-9)11(3)16-13-7-12(15)8-13/h4-6,11-13,16H,7-8,15H2,1-3H3. The normalized spacial score (nSPS) is 26.2. The first-order valence-corrected chi connectivity index (χ1v) is 6.15. The van der Waals surface area contributed by atoms with Crippen LogP contribution in [-0.2, 0) is 0 Å². The van der Waals surface area contributed by atoms with Gasteiger partial charge in [-0.3, -0.25) is 0 Å². The molecule has 1 fully saturated rings. The fraction of sp³-hybridized carbons (Fsp3) is 0.571. The monoisotopic (exact) mass is 218 g/mol. The van der Waals surface area contributed by atoms with Crippen LogP contribution in [0.3, 0.4) is 0 Å². The highest BCUT2D eigenvalue weighted by Gasteiger charge is 2.27. The average Bonchev–Trinajstić information content (AvgIpc) is 2.15. The Kier molecular flexibility index (Phi) is 3.31. The zero-order chi connectivity index (χ0) is 11.7. The maximum atomic E-state index is 5.79. The van der Waals surface area contributed by atoms with Gasteiger partial charge in [0.05, 0.1) is 0 Å². The van der Waals surface area contributed by atoms with Gasteiger partial charge in [0.15, 0.2) is 0 Å². The largest absolute Gasteiger partial charge is 0.328 e. The summed E-state index contributed by atoms with van der Waals surface area (Å²) in [5, 5.41) is 3.64. The number of rotatable bonds is 3. The van der Waals surface area contributed by atoms with Gasteiger partial charge in [-0.2, -0.15) is 0 Å². The number of benzene rings is 1. The average molecular weight is 218 g/mol. The van der Waals surface area contributed by atoms with Gasteiger partial charge in [-0.15, -0.1) is 0 Å². The number of hydrogen-bond donors (Lipinski definition) is 2. The van der Waals surface area contributed by atoms with E-state index in [1.54, 1.807) is 0 Å². The van der Waals surface area contributed by atoms with Crippen LogP contribution in [0.2, 0.25) is 0 Å². The van der Waals surface area contributed by atoms with Gasteiger partial charge in [-0.25, -0.2) is 0 Å². The Hall–Kier alpha value is -0.860. The third-order valence-electron chi connectivity index (χ3n) is 3.55. The lowest BCUT2D eigenvalue weighted by atomic mass is 9.86. The van der Waals surface area contributed by atoms with Gasteiger partial charge in [0.1, 0.15) is 0 Å². The highest BCUT2D eigenvalue weighted by molar-refractivity contribution is 5.32. The fourth-order valence-electron chi connectivity index (χ4n) is 2.55. The van der Waals surface area contributed by atoms with Crippen LogP contribution >= 0.6 is 0 Å². The number of nitrogens with one attached hydrogen (secondary N) is 1. The second-order valence-corrected chi connectivity index (χ2v) is 5.18. The van der Waals surface area contributed by atoms with E-state index >= 15 is 0 Å². The molecule has 1 saturated carbocycles. The molecule has 0 aromatic heterocycles. The molecule has 1 aromatic rings. The maximum absolute atomic E-state index is 5.79. The van der Waals surface area contributed by atoms with Crippen molar-refractivity contribution in [2.45, 2.75) is 51.7 Å². The van der Waals surface area contributed by atoms with Crippen molar-refractivity contribution in [3.8, 4) is 0 Å². The Morgan fingerprint density at radius 3 is 2.56 bits per heavy atom. The third kappa shape index (κ3) is 2.45. The molecule has 0 heterocycles. The third-order valence-corrected chi connectivity index (χ3v) is 3.55. The van der Waals surface area contributed by atoms with Gasteiger partial charge in [0, 0.05) is 18.1 Å². The van der Waals surface area contributed by atoms with E-state index in [0.29, 0.717) is 18.1 Å². The molecule has 0 radical (unpaired) electrons. The van der Waals surface area contributed by atoms with E-state index in [1.807, 2.05) is 0 Å². The van der Waals surface area contributed by atoms with Crippen molar-refractivity contribution in [1.82, 2.24) is 5.32 Å². The van der Waals surface area contributed by atoms with Gasteiger partial charge in [-0.1, -0.05) is 23.8 Å². The summed E-state index contributed by atoms with van der Waals surface area (Å²) < 4.78 is 0. The minimum atomic E-state index is 0.420. The summed E-state index contributed by atoms with van der Waals surface area (Å²) in [6.07, 6.45) is 2.24. The SMILES string of the molecule is Cc1ccc(C(C)NC2CC(N)C2)c(C)c1. The predicted molar refractivity (Wildman–Crippen MR) is 68.5 cm³/mol. The van der Waals surface area contributed by atoms with Crippen LogP contribution in [0.15, 0.2) is 18.2 Å². The molecule has 88 valence electrons. The van der Waals surface area contributed by atoms with E-state index in [2.05, 4.69) is 44.3 Å². The molecule has 1 atom stereocenters. The Bertz CT molecular complexity index is 367. The molecule has 16 heavy (non-hydrogen) atoms. The van der Waals surface area contributed by atoms with Gasteiger partial charge < -0.3 is 11.1 Å². The molecule has 2 rings (SSSR count). The van der Waals surface area contributed by atoms with Crippen molar-refractivity contribution < 1.29 is 0 Å². The highest BCUT2D eigenvalue weighted by Crippen LogP contribution is 2.24. The smallest absolute Gasteiger partial charge is 0.0296 e. The summed E-state index contributed by atoms with van der Waals surface area (Å²) in [6.45, 7) is 6.56. The fourth-order valence-corrected chi connectivity index (χ4v) is 2.55. The molecular weight excluding hydrogens is 196 g/mol. The summed E-state index contributed by atoms with van der Waals surface area (Å²) in [7, 11) is 0. The molecular formula is C14H22N2. The van der Waals surface area contributed by atoms with Crippen molar-refractivity contribution in [1.29, 1.82) is 0 Å². The Morgan fingerprint density at radius 1 is 1.31 bits per heavy atom. The van der Waals surface area contributed by atoms with Gasteiger partial charge in [-0.05, 0) is 44.7 Å². The van der Waals surface area contributed by atoms with Crippen LogP contribution in [0.5, 0.6) is 0 Å². The zero-order valence-electron chi connectivity index (χ0n) is 10.5. The zero-order valence-corrected chi connectivity index (χ0v) is 10.5. The Morgan fingerprint density at radius 2 is 2.00 bits per heavy atom. The van der Waals surface area contributed by atoms with Crippen LogP contribution in [0.1, 0.15) is 42.5 Å². The lowest BCUT2D eigenvalue weighted by Gasteiger charge is -2.35. The molecule has 2 heteroatoms. The van der Waals surface area contributed by atoms with Crippen molar-refractivity contribution in [2.24, 2.45) is 5.73 Å². The van der Waals surface area contributed by atoms with Gasteiger partial charge in [0.2, 0.25) is 0 Å². The highest BCUT2D eigenvalue weighted by atomic mass is 15.0. The number of nitrogens with two attached hydrogens (primary N) is 1. The van der Waals surface area contributed by atoms with Crippen molar-refractivity contribution in [3.05, 3.63) is 34.9 Å². The summed E-state index contributed by atoms with van der Waals surface area (Å²) in [6, 6.07) is 8.14. The molecule has 0 spiro atoms. The van der Waals surface area contributed by atoms with Crippen LogP contribution < -0.4 is 11.1 Å². The summed E-state index contributed by atoms with van der Waals surface area (Å²) in [4.78, 5) is 0. The lowest BCUT2D eigenvalue weighted by Crippen LogP contribution is -2.49. The predicted octanol–water partition coefficient (Wildman–Crippen LogP) is 2.44. The van der Waals surface area contributed by atoms with E-state index in [4.69, 9.17) is 5.73 Å². The van der Waals surface area contributed by atoms with Crippen molar-refractivity contribution in [2.75, 3.05) is 0 Å². The van der Waals surface area contributed by atoms with Gasteiger partial charge >= 0.3 is 0 Å². The van der Waals surface area contributed by atoms with E-state index in [0.717, 1.165) is 12.8 Å². The molecule has 0 saturated heterocycles. The molecule has 3 N–H and O–H groups in total. The van der Waals surface area contributed by atoms with E-state index in [9.17, 15) is 0 Å². The minimum Gasteiger partial charge on any atom is -0.328 e. The first kappa shape index (κ1) is 11.6. The molecule has 0 bridgehead atoms. The van der Waals surface area contributed by atoms with Crippen molar-refractivity contribution in [3.63, 3.8) is 0 Å². The quantitative estimate of drug-likeness (QED) is 0.818. The maximum Gasteiger partial charge on any atom is 0.0296 e. The molecule has 1 aliphatic rings. The van der Waals surface area contributed by atoms with Crippen LogP contribution in [0.4, 0.5) is 0 Å².